The molecule has 1 heterocycles. The lowest BCUT2D eigenvalue weighted by Crippen LogP contribution is -2.47. The van der Waals surface area contributed by atoms with Crippen molar-refractivity contribution in [3.8, 4) is 6.07 Å². The largest absolute Gasteiger partial charge is 0.313 e. The average Bonchev–Trinajstić information content (AvgIpc) is 3.24. The minimum atomic E-state index is -0.603. The van der Waals surface area contributed by atoms with Crippen LogP contribution in [-0.4, -0.2) is 54.6 Å². The summed E-state index contributed by atoms with van der Waals surface area (Å²) in [6.07, 6.45) is 5.51. The van der Waals surface area contributed by atoms with E-state index in [0.717, 1.165) is 31.7 Å². The molecule has 0 bridgehead atoms. The summed E-state index contributed by atoms with van der Waals surface area (Å²) in [6.45, 7) is 9.22. The standard InChI is InChI=1S/C15H28N4/c1-2-15(17,13-16)6-3-7-18-8-10-19(11-9-18)12-14-4-5-14/h14H,2-12,17H2,1H3. The number of nitrogens with two attached hydrogens (primary N) is 1. The molecule has 1 atom stereocenters. The Hall–Kier alpha value is -0.630. The van der Waals surface area contributed by atoms with Gasteiger partial charge in [-0.15, -0.1) is 0 Å². The highest BCUT2D eigenvalue weighted by atomic mass is 15.3. The van der Waals surface area contributed by atoms with Gasteiger partial charge in [-0.05, 0) is 44.6 Å². The molecule has 1 saturated carbocycles. The number of hydrogen-bond donors (Lipinski definition) is 1. The van der Waals surface area contributed by atoms with Gasteiger partial charge in [0.1, 0.15) is 5.54 Å². The number of hydrogen-bond acceptors (Lipinski definition) is 4. The highest BCUT2D eigenvalue weighted by Crippen LogP contribution is 2.29. The van der Waals surface area contributed by atoms with Gasteiger partial charge in [-0.2, -0.15) is 5.26 Å². The summed E-state index contributed by atoms with van der Waals surface area (Å²) < 4.78 is 0. The maximum absolute atomic E-state index is 9.05. The SMILES string of the molecule is CCC(N)(C#N)CCCN1CCN(CC2CC2)CC1. The molecule has 1 unspecified atom stereocenters. The minimum Gasteiger partial charge on any atom is -0.313 e. The first-order valence-corrected chi connectivity index (χ1v) is 7.80. The van der Waals surface area contributed by atoms with Gasteiger partial charge in [0, 0.05) is 32.7 Å². The van der Waals surface area contributed by atoms with Gasteiger partial charge in [-0.1, -0.05) is 6.92 Å². The molecule has 2 aliphatic rings. The minimum absolute atomic E-state index is 0.603. The molecular formula is C15H28N4. The van der Waals surface area contributed by atoms with Crippen molar-refractivity contribution in [2.24, 2.45) is 11.7 Å². The number of piperazine rings is 1. The normalized spacial score (nSPS) is 24.9. The Balaban J connectivity index is 1.59. The molecule has 0 aromatic carbocycles. The molecule has 4 heteroatoms. The van der Waals surface area contributed by atoms with Gasteiger partial charge in [0.15, 0.2) is 0 Å². The molecule has 0 aromatic heterocycles. The topological polar surface area (TPSA) is 56.3 Å². The van der Waals surface area contributed by atoms with Gasteiger partial charge in [-0.25, -0.2) is 0 Å². The van der Waals surface area contributed by atoms with Gasteiger partial charge in [0.2, 0.25) is 0 Å². The van der Waals surface area contributed by atoms with E-state index in [1.807, 2.05) is 6.92 Å². The van der Waals surface area contributed by atoms with Crippen molar-refractivity contribution in [1.29, 1.82) is 5.26 Å². The number of nitrogens with zero attached hydrogens (tertiary/aromatic N) is 3. The molecule has 2 rings (SSSR count). The lowest BCUT2D eigenvalue weighted by atomic mass is 9.93. The Bertz CT molecular complexity index is 313. The first kappa shape index (κ1) is 14.8. The molecule has 2 fully saturated rings. The van der Waals surface area contributed by atoms with E-state index in [-0.39, 0.29) is 0 Å². The molecule has 0 aromatic rings. The second kappa shape index (κ2) is 6.69. The van der Waals surface area contributed by atoms with Crippen LogP contribution in [0.15, 0.2) is 0 Å². The fourth-order valence-corrected chi connectivity index (χ4v) is 2.79. The van der Waals surface area contributed by atoms with E-state index < -0.39 is 5.54 Å². The summed E-state index contributed by atoms with van der Waals surface area (Å²) in [5.41, 5.74) is 5.40. The maximum atomic E-state index is 9.05. The second-order valence-electron chi connectivity index (χ2n) is 6.31. The third-order valence-corrected chi connectivity index (χ3v) is 4.63. The molecule has 1 saturated heterocycles. The van der Waals surface area contributed by atoms with Crippen molar-refractivity contribution in [2.75, 3.05) is 39.3 Å². The van der Waals surface area contributed by atoms with Crippen LogP contribution in [0.25, 0.3) is 0 Å². The second-order valence-corrected chi connectivity index (χ2v) is 6.31. The van der Waals surface area contributed by atoms with E-state index in [4.69, 9.17) is 11.0 Å². The summed E-state index contributed by atoms with van der Waals surface area (Å²) in [5.74, 6) is 1.00. The smallest absolute Gasteiger partial charge is 0.104 e. The van der Waals surface area contributed by atoms with Crippen LogP contribution in [0, 0.1) is 17.2 Å². The van der Waals surface area contributed by atoms with Crippen LogP contribution >= 0.6 is 0 Å². The third kappa shape index (κ3) is 4.76. The van der Waals surface area contributed by atoms with Crippen LogP contribution in [-0.2, 0) is 0 Å². The fraction of sp³-hybridized carbons (Fsp3) is 0.933. The monoisotopic (exact) mass is 264 g/mol. The van der Waals surface area contributed by atoms with Crippen LogP contribution in [0.4, 0.5) is 0 Å². The molecule has 108 valence electrons. The van der Waals surface area contributed by atoms with Gasteiger partial charge in [0.05, 0.1) is 6.07 Å². The van der Waals surface area contributed by atoms with Crippen LogP contribution in [0.3, 0.4) is 0 Å². The first-order chi connectivity index (χ1) is 9.15. The molecule has 4 nitrogen and oxygen atoms in total. The molecule has 0 spiro atoms. The summed E-state index contributed by atoms with van der Waals surface area (Å²) >= 11 is 0. The molecule has 2 N–H and O–H groups in total. The van der Waals surface area contributed by atoms with Crippen molar-refractivity contribution in [3.63, 3.8) is 0 Å². The Kier molecular flexibility index (Phi) is 5.20. The Morgan fingerprint density at radius 2 is 1.84 bits per heavy atom. The van der Waals surface area contributed by atoms with Gasteiger partial charge < -0.3 is 15.5 Å². The molecule has 0 radical (unpaired) electrons. The molecule has 0 amide bonds. The van der Waals surface area contributed by atoms with E-state index in [1.165, 1.54) is 45.6 Å². The predicted octanol–water partition coefficient (Wildman–Crippen LogP) is 1.43. The molecule has 1 aliphatic carbocycles. The highest BCUT2D eigenvalue weighted by Gasteiger charge is 2.26. The van der Waals surface area contributed by atoms with E-state index in [9.17, 15) is 0 Å². The van der Waals surface area contributed by atoms with E-state index in [2.05, 4.69) is 15.9 Å². The van der Waals surface area contributed by atoms with Gasteiger partial charge >= 0.3 is 0 Å². The highest BCUT2D eigenvalue weighted by molar-refractivity contribution is 5.03. The lowest BCUT2D eigenvalue weighted by molar-refractivity contribution is 0.125. The third-order valence-electron chi connectivity index (χ3n) is 4.63. The van der Waals surface area contributed by atoms with Crippen molar-refractivity contribution in [3.05, 3.63) is 0 Å². The van der Waals surface area contributed by atoms with Crippen molar-refractivity contribution >= 4 is 0 Å². The quantitative estimate of drug-likeness (QED) is 0.755. The van der Waals surface area contributed by atoms with Crippen LogP contribution in [0.5, 0.6) is 0 Å². The number of nitriles is 1. The zero-order valence-electron chi connectivity index (χ0n) is 12.3. The van der Waals surface area contributed by atoms with E-state index in [1.54, 1.807) is 0 Å². The zero-order valence-corrected chi connectivity index (χ0v) is 12.3. The Morgan fingerprint density at radius 1 is 1.21 bits per heavy atom. The molecule has 19 heavy (non-hydrogen) atoms. The van der Waals surface area contributed by atoms with Crippen molar-refractivity contribution in [1.82, 2.24) is 9.80 Å². The van der Waals surface area contributed by atoms with Gasteiger partial charge in [-0.3, -0.25) is 0 Å². The average molecular weight is 264 g/mol. The predicted molar refractivity (Wildman–Crippen MR) is 77.7 cm³/mol. The van der Waals surface area contributed by atoms with Crippen molar-refractivity contribution in [2.45, 2.75) is 44.6 Å². The maximum Gasteiger partial charge on any atom is 0.104 e. The summed E-state index contributed by atoms with van der Waals surface area (Å²) in [5, 5.41) is 9.05. The first-order valence-electron chi connectivity index (χ1n) is 7.80. The Labute approximate surface area is 117 Å². The summed E-state index contributed by atoms with van der Waals surface area (Å²) in [7, 11) is 0. The summed E-state index contributed by atoms with van der Waals surface area (Å²) in [4.78, 5) is 5.14. The van der Waals surface area contributed by atoms with E-state index >= 15 is 0 Å². The lowest BCUT2D eigenvalue weighted by Gasteiger charge is -2.35. The van der Waals surface area contributed by atoms with Crippen LogP contribution in [0.2, 0.25) is 0 Å². The van der Waals surface area contributed by atoms with E-state index in [0.29, 0.717) is 0 Å². The van der Waals surface area contributed by atoms with Crippen LogP contribution < -0.4 is 5.73 Å². The molecule has 1 aliphatic heterocycles. The number of rotatable bonds is 7. The van der Waals surface area contributed by atoms with Crippen molar-refractivity contribution < 1.29 is 0 Å². The molecular weight excluding hydrogens is 236 g/mol. The Morgan fingerprint density at radius 3 is 2.37 bits per heavy atom. The summed E-state index contributed by atoms with van der Waals surface area (Å²) in [6, 6.07) is 2.25. The fourth-order valence-electron chi connectivity index (χ4n) is 2.79. The van der Waals surface area contributed by atoms with Crippen LogP contribution in [0.1, 0.15) is 39.0 Å². The zero-order chi connectivity index (χ0) is 13.7. The van der Waals surface area contributed by atoms with Gasteiger partial charge in [0.25, 0.3) is 0 Å².